The molecule has 0 fully saturated rings. The van der Waals surface area contributed by atoms with E-state index in [-0.39, 0.29) is 0 Å². The summed E-state index contributed by atoms with van der Waals surface area (Å²) in [7, 11) is 0. The van der Waals surface area contributed by atoms with Crippen LogP contribution in [0.25, 0.3) is 0 Å². The zero-order valence-electron chi connectivity index (χ0n) is 9.76. The number of rotatable bonds is 5. The number of likely N-dealkylation sites (N-methyl/N-ethyl adjacent to an activating group) is 1. The maximum atomic E-state index is 3.53. The van der Waals surface area contributed by atoms with E-state index in [1.807, 2.05) is 0 Å². The fourth-order valence-corrected chi connectivity index (χ4v) is 2.19. The molecule has 1 nitrogen and oxygen atoms in total. The van der Waals surface area contributed by atoms with E-state index >= 15 is 0 Å². The summed E-state index contributed by atoms with van der Waals surface area (Å²) in [6.07, 6.45) is 0. The lowest BCUT2D eigenvalue weighted by atomic mass is 9.88. The smallest absolute Gasteiger partial charge is 0.0178 e. The highest BCUT2D eigenvalue weighted by atomic mass is 79.9. The van der Waals surface area contributed by atoms with Crippen LogP contribution in [0.15, 0.2) is 28.7 Å². The van der Waals surface area contributed by atoms with Crippen LogP contribution in [-0.2, 0) is 0 Å². The number of nitrogens with one attached hydrogen (secondary N) is 1. The van der Waals surface area contributed by atoms with Gasteiger partial charge in [-0.15, -0.1) is 0 Å². The van der Waals surface area contributed by atoms with Gasteiger partial charge >= 0.3 is 0 Å². The van der Waals surface area contributed by atoms with Gasteiger partial charge in [-0.05, 0) is 36.1 Å². The fourth-order valence-electron chi connectivity index (χ4n) is 1.78. The Hall–Kier alpha value is -0.340. The quantitative estimate of drug-likeness (QED) is 0.858. The van der Waals surface area contributed by atoms with Crippen LogP contribution >= 0.6 is 15.9 Å². The van der Waals surface area contributed by atoms with Gasteiger partial charge in [0.25, 0.3) is 0 Å². The largest absolute Gasteiger partial charge is 0.316 e. The van der Waals surface area contributed by atoms with E-state index in [1.54, 1.807) is 0 Å². The van der Waals surface area contributed by atoms with E-state index in [2.05, 4.69) is 66.3 Å². The summed E-state index contributed by atoms with van der Waals surface area (Å²) in [4.78, 5) is 0. The van der Waals surface area contributed by atoms with Gasteiger partial charge in [0.05, 0.1) is 0 Å². The second kappa shape index (κ2) is 6.29. The fraction of sp³-hybridized carbons (Fsp3) is 0.538. The number of hydrogen-bond acceptors (Lipinski definition) is 1. The number of halogens is 1. The SMILES string of the molecule is CCNCC(c1cccc(Br)c1)C(C)C. The average Bonchev–Trinajstić information content (AvgIpc) is 2.18. The first-order valence-corrected chi connectivity index (χ1v) is 6.40. The molecule has 0 saturated carbocycles. The van der Waals surface area contributed by atoms with Crippen molar-refractivity contribution in [3.63, 3.8) is 0 Å². The van der Waals surface area contributed by atoms with Crippen molar-refractivity contribution in [3.8, 4) is 0 Å². The average molecular weight is 270 g/mol. The standard InChI is InChI=1S/C13H20BrN/c1-4-15-9-13(10(2)3)11-6-5-7-12(14)8-11/h5-8,10,13,15H,4,9H2,1-3H3. The van der Waals surface area contributed by atoms with Crippen molar-refractivity contribution < 1.29 is 0 Å². The molecule has 0 aliphatic carbocycles. The molecule has 1 unspecified atom stereocenters. The summed E-state index contributed by atoms with van der Waals surface area (Å²) in [6, 6.07) is 8.63. The van der Waals surface area contributed by atoms with Crippen molar-refractivity contribution in [1.29, 1.82) is 0 Å². The van der Waals surface area contributed by atoms with Crippen LogP contribution in [0.2, 0.25) is 0 Å². The molecule has 1 aromatic carbocycles. The topological polar surface area (TPSA) is 12.0 Å². The molecular formula is C13H20BrN. The van der Waals surface area contributed by atoms with Gasteiger partial charge in [0.15, 0.2) is 0 Å². The Morgan fingerprint density at radius 3 is 2.60 bits per heavy atom. The zero-order valence-corrected chi connectivity index (χ0v) is 11.3. The van der Waals surface area contributed by atoms with Crippen LogP contribution in [0.1, 0.15) is 32.3 Å². The van der Waals surface area contributed by atoms with Crippen molar-refractivity contribution in [3.05, 3.63) is 34.3 Å². The Kier molecular flexibility index (Phi) is 5.34. The molecule has 0 radical (unpaired) electrons. The molecule has 1 atom stereocenters. The molecule has 0 amide bonds. The summed E-state index contributed by atoms with van der Waals surface area (Å²) in [6.45, 7) is 8.81. The minimum absolute atomic E-state index is 0.599. The van der Waals surface area contributed by atoms with Gasteiger partial charge in [-0.25, -0.2) is 0 Å². The molecule has 0 aliphatic heterocycles. The van der Waals surface area contributed by atoms with Gasteiger partial charge < -0.3 is 5.32 Å². The molecule has 15 heavy (non-hydrogen) atoms. The molecule has 1 rings (SSSR count). The van der Waals surface area contributed by atoms with Gasteiger partial charge in [-0.1, -0.05) is 48.8 Å². The molecule has 0 spiro atoms. The zero-order chi connectivity index (χ0) is 11.3. The van der Waals surface area contributed by atoms with Gasteiger partial charge in [0.2, 0.25) is 0 Å². The Labute approximate surface area is 101 Å². The van der Waals surface area contributed by atoms with Crippen LogP contribution in [0.5, 0.6) is 0 Å². The predicted molar refractivity (Wildman–Crippen MR) is 70.3 cm³/mol. The predicted octanol–water partition coefficient (Wildman–Crippen LogP) is 3.80. The highest BCUT2D eigenvalue weighted by Crippen LogP contribution is 2.25. The van der Waals surface area contributed by atoms with Gasteiger partial charge in [0.1, 0.15) is 0 Å². The van der Waals surface area contributed by atoms with E-state index in [9.17, 15) is 0 Å². The molecule has 0 bridgehead atoms. The second-order valence-electron chi connectivity index (χ2n) is 4.21. The lowest BCUT2D eigenvalue weighted by Crippen LogP contribution is -2.24. The third-order valence-corrected chi connectivity index (χ3v) is 3.19. The summed E-state index contributed by atoms with van der Waals surface area (Å²) < 4.78 is 1.17. The maximum absolute atomic E-state index is 3.53. The van der Waals surface area contributed by atoms with E-state index in [1.165, 1.54) is 10.0 Å². The Morgan fingerprint density at radius 2 is 2.07 bits per heavy atom. The monoisotopic (exact) mass is 269 g/mol. The minimum atomic E-state index is 0.599. The lowest BCUT2D eigenvalue weighted by molar-refractivity contribution is 0.467. The molecule has 1 aromatic rings. The molecule has 0 saturated heterocycles. The maximum Gasteiger partial charge on any atom is 0.0178 e. The van der Waals surface area contributed by atoms with E-state index in [0.29, 0.717) is 11.8 Å². The van der Waals surface area contributed by atoms with Crippen LogP contribution in [-0.4, -0.2) is 13.1 Å². The molecule has 84 valence electrons. The Bertz CT molecular complexity index is 296. The van der Waals surface area contributed by atoms with Crippen molar-refractivity contribution >= 4 is 15.9 Å². The molecule has 1 N–H and O–H groups in total. The normalized spacial score (nSPS) is 13.1. The molecule has 2 heteroatoms. The van der Waals surface area contributed by atoms with Crippen LogP contribution in [0, 0.1) is 5.92 Å². The second-order valence-corrected chi connectivity index (χ2v) is 5.13. The van der Waals surface area contributed by atoms with Crippen LogP contribution in [0.3, 0.4) is 0 Å². The first kappa shape index (κ1) is 12.7. The highest BCUT2D eigenvalue weighted by molar-refractivity contribution is 9.10. The number of benzene rings is 1. The minimum Gasteiger partial charge on any atom is -0.316 e. The summed E-state index contributed by atoms with van der Waals surface area (Å²) in [5.41, 5.74) is 1.42. The van der Waals surface area contributed by atoms with E-state index in [0.717, 1.165) is 13.1 Å². The van der Waals surface area contributed by atoms with Crippen molar-refractivity contribution in [2.45, 2.75) is 26.7 Å². The van der Waals surface area contributed by atoms with Gasteiger partial charge in [-0.2, -0.15) is 0 Å². The van der Waals surface area contributed by atoms with Gasteiger partial charge in [0, 0.05) is 11.0 Å². The molecule has 0 aromatic heterocycles. The Morgan fingerprint density at radius 1 is 1.33 bits per heavy atom. The Balaban J connectivity index is 2.79. The van der Waals surface area contributed by atoms with Crippen molar-refractivity contribution in [2.24, 2.45) is 5.92 Å². The van der Waals surface area contributed by atoms with Crippen molar-refractivity contribution in [1.82, 2.24) is 5.32 Å². The van der Waals surface area contributed by atoms with E-state index in [4.69, 9.17) is 0 Å². The summed E-state index contributed by atoms with van der Waals surface area (Å²) >= 11 is 3.53. The first-order chi connectivity index (χ1) is 7.15. The molecule has 0 aliphatic rings. The highest BCUT2D eigenvalue weighted by Gasteiger charge is 2.15. The third kappa shape index (κ3) is 3.96. The van der Waals surface area contributed by atoms with Gasteiger partial charge in [-0.3, -0.25) is 0 Å². The third-order valence-electron chi connectivity index (χ3n) is 2.70. The van der Waals surface area contributed by atoms with E-state index < -0.39 is 0 Å². The van der Waals surface area contributed by atoms with Crippen LogP contribution < -0.4 is 5.32 Å². The van der Waals surface area contributed by atoms with Crippen LogP contribution in [0.4, 0.5) is 0 Å². The van der Waals surface area contributed by atoms with Crippen molar-refractivity contribution in [2.75, 3.05) is 13.1 Å². The molecular weight excluding hydrogens is 250 g/mol. The summed E-state index contributed by atoms with van der Waals surface area (Å²) in [5, 5.41) is 3.43. The number of hydrogen-bond donors (Lipinski definition) is 1. The summed E-state index contributed by atoms with van der Waals surface area (Å²) in [5.74, 6) is 1.26. The molecule has 0 heterocycles. The lowest BCUT2D eigenvalue weighted by Gasteiger charge is -2.21. The first-order valence-electron chi connectivity index (χ1n) is 5.61.